The number of likely N-dealkylation sites (tertiary alicyclic amines) is 1. The smallest absolute Gasteiger partial charge is 0.293 e. The summed E-state index contributed by atoms with van der Waals surface area (Å²) >= 11 is 0. The molecule has 1 aliphatic rings. The van der Waals surface area contributed by atoms with Gasteiger partial charge in [-0.25, -0.2) is 0 Å². The molecule has 0 aliphatic carbocycles. The first-order valence-corrected chi connectivity index (χ1v) is 19.0. The van der Waals surface area contributed by atoms with E-state index in [1.54, 1.807) is 35.4 Å². The van der Waals surface area contributed by atoms with Gasteiger partial charge in [0.05, 0.1) is 19.1 Å². The number of pyridine rings is 3. The zero-order valence-corrected chi connectivity index (χ0v) is 30.9. The Morgan fingerprint density at radius 3 is 1.84 bits per heavy atom. The molecule has 0 saturated carbocycles. The third kappa shape index (κ3) is 9.47. The van der Waals surface area contributed by atoms with Gasteiger partial charge in [0.1, 0.15) is 0 Å². The van der Waals surface area contributed by atoms with E-state index in [2.05, 4.69) is 63.0 Å². The Labute approximate surface area is 321 Å². The van der Waals surface area contributed by atoms with Crippen molar-refractivity contribution in [2.24, 2.45) is 5.92 Å². The number of nitrogens with one attached hydrogen (secondary N) is 2. The summed E-state index contributed by atoms with van der Waals surface area (Å²) in [5.41, 5.74) is 5.82. The highest BCUT2D eigenvalue weighted by molar-refractivity contribution is 5.36. The lowest BCUT2D eigenvalue weighted by Crippen LogP contribution is -2.39. The second-order valence-corrected chi connectivity index (χ2v) is 14.4. The number of aromatic nitrogens is 3. The van der Waals surface area contributed by atoms with Gasteiger partial charge >= 0.3 is 0 Å². The molecule has 0 amide bonds. The highest BCUT2D eigenvalue weighted by Crippen LogP contribution is 2.33. The van der Waals surface area contributed by atoms with Crippen LogP contribution in [0.25, 0.3) is 0 Å². The summed E-state index contributed by atoms with van der Waals surface area (Å²) < 4.78 is 3.10. The van der Waals surface area contributed by atoms with Gasteiger partial charge in [0, 0.05) is 55.5 Å². The third-order valence-corrected chi connectivity index (χ3v) is 10.5. The fraction of sp³-hybridized carbons (Fsp3) is 0.267. The van der Waals surface area contributed by atoms with Crippen molar-refractivity contribution >= 4 is 0 Å². The second-order valence-electron chi connectivity index (χ2n) is 14.4. The van der Waals surface area contributed by atoms with Crippen molar-refractivity contribution in [3.63, 3.8) is 0 Å². The normalized spacial score (nSPS) is 14.2. The Hall–Kier alpha value is -5.81. The average Bonchev–Trinajstić information content (AvgIpc) is 3.22. The van der Waals surface area contributed by atoms with Crippen LogP contribution in [0.2, 0.25) is 0 Å². The first-order valence-electron chi connectivity index (χ1n) is 19.0. The number of rotatable bonds is 15. The third-order valence-electron chi connectivity index (χ3n) is 10.5. The van der Waals surface area contributed by atoms with Crippen LogP contribution in [-0.2, 0) is 32.7 Å². The molecule has 55 heavy (non-hydrogen) atoms. The van der Waals surface area contributed by atoms with E-state index in [1.165, 1.54) is 10.1 Å². The van der Waals surface area contributed by atoms with Crippen LogP contribution in [0, 0.1) is 5.92 Å². The summed E-state index contributed by atoms with van der Waals surface area (Å²) in [4.78, 5) is 32.7. The van der Waals surface area contributed by atoms with Crippen LogP contribution >= 0.6 is 0 Å². The summed E-state index contributed by atoms with van der Waals surface area (Å²) in [5, 5.41) is 28.3. The van der Waals surface area contributed by atoms with E-state index < -0.39 is 5.56 Å². The van der Waals surface area contributed by atoms with Gasteiger partial charge in [0.15, 0.2) is 11.5 Å². The first-order chi connectivity index (χ1) is 26.9. The predicted molar refractivity (Wildman–Crippen MR) is 215 cm³/mol. The summed E-state index contributed by atoms with van der Waals surface area (Å²) in [7, 11) is 0. The molecule has 10 nitrogen and oxygen atoms in total. The van der Waals surface area contributed by atoms with Crippen molar-refractivity contribution in [2.45, 2.75) is 51.6 Å². The highest BCUT2D eigenvalue weighted by Gasteiger charge is 2.27. The number of hydrogen-bond acceptors (Lipinski definition) is 8. The van der Waals surface area contributed by atoms with E-state index >= 15 is 0 Å². The van der Waals surface area contributed by atoms with Gasteiger partial charge in [-0.3, -0.25) is 19.5 Å². The zero-order valence-electron chi connectivity index (χ0n) is 30.9. The van der Waals surface area contributed by atoms with Gasteiger partial charge in [-0.2, -0.15) is 0 Å². The molecule has 0 bridgehead atoms. The Morgan fingerprint density at radius 1 is 0.618 bits per heavy atom. The van der Waals surface area contributed by atoms with Crippen molar-refractivity contribution in [3.8, 4) is 11.5 Å². The molecule has 3 aromatic heterocycles. The van der Waals surface area contributed by atoms with Gasteiger partial charge in [0.25, 0.3) is 11.1 Å². The lowest BCUT2D eigenvalue weighted by molar-refractivity contribution is 0.149. The number of nitrogens with zero attached hydrogens (tertiary/aromatic N) is 4. The van der Waals surface area contributed by atoms with Gasteiger partial charge in [-0.1, -0.05) is 84.9 Å². The van der Waals surface area contributed by atoms with Crippen molar-refractivity contribution in [1.82, 2.24) is 29.7 Å². The molecule has 1 unspecified atom stereocenters. The molecule has 0 spiro atoms. The van der Waals surface area contributed by atoms with E-state index in [0.29, 0.717) is 49.8 Å². The molecule has 6 aromatic rings. The van der Waals surface area contributed by atoms with Crippen LogP contribution in [0.4, 0.5) is 0 Å². The fourth-order valence-electron chi connectivity index (χ4n) is 7.49. The maximum Gasteiger partial charge on any atom is 0.293 e. The summed E-state index contributed by atoms with van der Waals surface area (Å²) in [6.45, 7) is 4.81. The van der Waals surface area contributed by atoms with Crippen LogP contribution in [0.3, 0.4) is 0 Å². The number of hydrogen-bond donors (Lipinski definition) is 4. The Bertz CT molecular complexity index is 2270. The van der Waals surface area contributed by atoms with E-state index in [9.17, 15) is 19.8 Å². The molecule has 1 aliphatic heterocycles. The van der Waals surface area contributed by atoms with Crippen LogP contribution < -0.4 is 21.8 Å². The van der Waals surface area contributed by atoms with Crippen LogP contribution in [-0.4, -0.2) is 48.9 Å². The highest BCUT2D eigenvalue weighted by atomic mass is 16.3. The molecule has 1 atom stereocenters. The lowest BCUT2D eigenvalue weighted by atomic mass is 9.90. The van der Waals surface area contributed by atoms with E-state index in [-0.39, 0.29) is 23.1 Å². The van der Waals surface area contributed by atoms with Crippen LogP contribution in [0.5, 0.6) is 11.5 Å². The summed E-state index contributed by atoms with van der Waals surface area (Å²) in [6, 6.07) is 36.2. The minimum absolute atomic E-state index is 0.0494. The van der Waals surface area contributed by atoms with E-state index in [1.807, 2.05) is 60.7 Å². The van der Waals surface area contributed by atoms with Crippen molar-refractivity contribution in [3.05, 3.63) is 194 Å². The molecular formula is C45H48N6O4. The standard InChI is InChI=1S/C45H48N6O4/c52-42-39(18-24-50(44(42)54)31-35-8-3-1-4-9-35)30-48-28-34-16-22-49(23-17-34)41(37-11-5-2-6-12-37)38-13-7-10-36(26-38)32-51-25-19-40(43(53)45(51)55)29-47-27-33-14-20-46-21-15-33/h1-15,18-21,24-26,34,41,47-48,52-53H,16-17,22-23,27-32H2. The molecule has 3 aromatic carbocycles. The first kappa shape index (κ1) is 37.5. The Balaban J connectivity index is 0.966. The lowest BCUT2D eigenvalue weighted by Gasteiger charge is -2.38. The maximum absolute atomic E-state index is 13.2. The Kier molecular flexibility index (Phi) is 12.3. The molecule has 4 heterocycles. The van der Waals surface area contributed by atoms with Gasteiger partial charge in [-0.15, -0.1) is 0 Å². The van der Waals surface area contributed by atoms with Crippen molar-refractivity contribution in [2.75, 3.05) is 19.6 Å². The molecule has 4 N–H and O–H groups in total. The second kappa shape index (κ2) is 18.0. The molecule has 1 saturated heterocycles. The molecule has 282 valence electrons. The zero-order chi connectivity index (χ0) is 38.0. The van der Waals surface area contributed by atoms with Crippen molar-refractivity contribution < 1.29 is 10.2 Å². The predicted octanol–water partition coefficient (Wildman–Crippen LogP) is 5.79. The van der Waals surface area contributed by atoms with Crippen LogP contribution in [0.1, 0.15) is 57.8 Å². The number of aromatic hydroxyl groups is 2. The summed E-state index contributed by atoms with van der Waals surface area (Å²) in [5.74, 6) is 0.0357. The minimum atomic E-state index is -0.411. The quantitative estimate of drug-likeness (QED) is 0.105. The summed E-state index contributed by atoms with van der Waals surface area (Å²) in [6.07, 6.45) is 9.02. The molecular weight excluding hydrogens is 689 g/mol. The molecule has 0 radical (unpaired) electrons. The fourth-order valence-corrected chi connectivity index (χ4v) is 7.49. The average molecular weight is 737 g/mol. The van der Waals surface area contributed by atoms with Crippen molar-refractivity contribution in [1.29, 1.82) is 0 Å². The Morgan fingerprint density at radius 2 is 1.18 bits per heavy atom. The van der Waals surface area contributed by atoms with E-state index in [0.717, 1.165) is 54.7 Å². The number of benzene rings is 3. The monoisotopic (exact) mass is 736 g/mol. The number of piperidine rings is 1. The molecule has 10 heteroatoms. The SMILES string of the molecule is O=c1c(O)c(CNCc2ccncc2)ccn1Cc1cccc(C(c2ccccc2)N2CCC(CNCc3ccn(Cc4ccccc4)c(=O)c3O)CC2)c1. The van der Waals surface area contributed by atoms with Gasteiger partial charge in [0.2, 0.25) is 0 Å². The topological polar surface area (TPSA) is 125 Å². The minimum Gasteiger partial charge on any atom is -0.503 e. The maximum atomic E-state index is 13.2. The largest absolute Gasteiger partial charge is 0.503 e. The van der Waals surface area contributed by atoms with Gasteiger partial charge < -0.3 is 30.0 Å². The molecule has 1 fully saturated rings. The van der Waals surface area contributed by atoms with E-state index in [4.69, 9.17) is 0 Å². The van der Waals surface area contributed by atoms with Crippen LogP contribution in [0.15, 0.2) is 144 Å². The van der Waals surface area contributed by atoms with Gasteiger partial charge in [-0.05, 0) is 90.5 Å². The molecule has 7 rings (SSSR count).